The molecule has 6 nitrogen and oxygen atoms in total. The van der Waals surface area contributed by atoms with Crippen LogP contribution in [-0.2, 0) is 21.4 Å². The molecule has 0 aliphatic carbocycles. The molecular weight excluding hydrogens is 404 g/mol. The Kier molecular flexibility index (Phi) is 4.87. The minimum Gasteiger partial charge on any atom is -0.443 e. The molecule has 0 saturated heterocycles. The maximum Gasteiger partial charge on any atom is 0.421 e. The molecule has 0 saturated carbocycles. The third-order valence-corrected chi connectivity index (χ3v) is 5.65. The predicted molar refractivity (Wildman–Crippen MR) is 116 cm³/mol. The Morgan fingerprint density at radius 1 is 1.20 bits per heavy atom. The number of hydrogen-bond donors (Lipinski definition) is 2. The van der Waals surface area contributed by atoms with Crippen LogP contribution >= 0.6 is 11.6 Å². The summed E-state index contributed by atoms with van der Waals surface area (Å²) < 4.78 is 5.47. The van der Waals surface area contributed by atoms with Crippen LogP contribution < -0.4 is 4.90 Å². The number of anilines is 1. The largest absolute Gasteiger partial charge is 0.443 e. The molecule has 1 aliphatic rings. The molecule has 0 bridgehead atoms. The summed E-state index contributed by atoms with van der Waals surface area (Å²) in [5, 5.41) is 11.8. The van der Waals surface area contributed by atoms with Crippen LogP contribution in [0, 0.1) is 0 Å². The van der Waals surface area contributed by atoms with Gasteiger partial charge in [0, 0.05) is 27.7 Å². The third kappa shape index (κ3) is 3.16. The molecule has 2 aromatic carbocycles. The van der Waals surface area contributed by atoms with Crippen molar-refractivity contribution >= 4 is 40.2 Å². The van der Waals surface area contributed by atoms with Crippen LogP contribution in [-0.4, -0.2) is 34.3 Å². The van der Waals surface area contributed by atoms with E-state index in [-0.39, 0.29) is 6.42 Å². The van der Waals surface area contributed by atoms with Gasteiger partial charge in [-0.1, -0.05) is 35.9 Å². The van der Waals surface area contributed by atoms with E-state index in [9.17, 15) is 14.7 Å². The van der Waals surface area contributed by atoms with Crippen LogP contribution in [0.2, 0.25) is 5.02 Å². The second-order valence-electron chi connectivity index (χ2n) is 8.53. The van der Waals surface area contributed by atoms with Crippen LogP contribution in [0.15, 0.2) is 48.7 Å². The average Bonchev–Trinajstić information content (AvgIpc) is 3.19. The molecule has 7 heteroatoms. The van der Waals surface area contributed by atoms with Crippen molar-refractivity contribution in [3.05, 3.63) is 64.8 Å². The average molecular weight is 427 g/mol. The molecule has 4 rings (SSSR count). The fourth-order valence-electron chi connectivity index (χ4n) is 4.06. The summed E-state index contributed by atoms with van der Waals surface area (Å²) in [6.07, 6.45) is 1.22. The minimum atomic E-state index is -1.39. The van der Waals surface area contributed by atoms with Crippen molar-refractivity contribution < 1.29 is 19.4 Å². The van der Waals surface area contributed by atoms with Gasteiger partial charge < -0.3 is 14.8 Å². The van der Waals surface area contributed by atoms with Crippen molar-refractivity contribution in [2.75, 3.05) is 11.5 Å². The summed E-state index contributed by atoms with van der Waals surface area (Å²) in [4.78, 5) is 30.8. The smallest absolute Gasteiger partial charge is 0.421 e. The molecule has 0 unspecified atom stereocenters. The van der Waals surface area contributed by atoms with Crippen molar-refractivity contribution in [2.45, 2.75) is 38.2 Å². The van der Waals surface area contributed by atoms with Crippen LogP contribution in [0.25, 0.3) is 10.9 Å². The number of halogens is 1. The van der Waals surface area contributed by atoms with Gasteiger partial charge >= 0.3 is 6.09 Å². The van der Waals surface area contributed by atoms with E-state index in [0.29, 0.717) is 16.3 Å². The maximum atomic E-state index is 13.7. The van der Waals surface area contributed by atoms with E-state index in [4.69, 9.17) is 16.3 Å². The highest BCUT2D eigenvalue weighted by atomic mass is 35.5. The number of aromatic nitrogens is 1. The summed E-state index contributed by atoms with van der Waals surface area (Å²) in [5.74, 6) is -0.548. The number of fused-ring (bicyclic) bond motifs is 2. The van der Waals surface area contributed by atoms with Crippen LogP contribution in [0.3, 0.4) is 0 Å². The SMILES string of the molecule is CC(C)(C)OC(=O)N1C(=O)[C@](CO)(Cc2c[nH]c3ccccc23)c2c(Cl)cccc21. The molecule has 0 spiro atoms. The molecule has 1 aromatic heterocycles. The topological polar surface area (TPSA) is 82.6 Å². The van der Waals surface area contributed by atoms with E-state index >= 15 is 0 Å². The molecule has 0 fully saturated rings. The highest BCUT2D eigenvalue weighted by Crippen LogP contribution is 2.48. The normalized spacial score (nSPS) is 18.7. The summed E-state index contributed by atoms with van der Waals surface area (Å²) in [7, 11) is 0. The highest BCUT2D eigenvalue weighted by molar-refractivity contribution is 6.34. The number of nitrogens with one attached hydrogen (secondary N) is 1. The van der Waals surface area contributed by atoms with Crippen LogP contribution in [0.4, 0.5) is 10.5 Å². The van der Waals surface area contributed by atoms with Gasteiger partial charge in [0.05, 0.1) is 12.3 Å². The number of carbonyl (C=O) groups excluding carboxylic acids is 2. The number of carbonyl (C=O) groups is 2. The number of rotatable bonds is 3. The molecule has 3 aromatic rings. The maximum absolute atomic E-state index is 13.7. The Bertz CT molecular complexity index is 1150. The Hall–Kier alpha value is -2.83. The molecule has 2 N–H and O–H groups in total. The molecule has 2 amide bonds. The first-order valence-corrected chi connectivity index (χ1v) is 10.1. The lowest BCUT2D eigenvalue weighted by atomic mass is 9.77. The molecular formula is C23H23ClN2O4. The van der Waals surface area contributed by atoms with Crippen LogP contribution in [0.1, 0.15) is 31.9 Å². The van der Waals surface area contributed by atoms with Gasteiger partial charge in [0.25, 0.3) is 0 Å². The number of hydrogen-bond acceptors (Lipinski definition) is 4. The Balaban J connectivity index is 1.85. The van der Waals surface area contributed by atoms with Gasteiger partial charge in [-0.25, -0.2) is 9.69 Å². The molecule has 1 atom stereocenters. The first-order valence-electron chi connectivity index (χ1n) is 9.70. The quantitative estimate of drug-likeness (QED) is 0.642. The number of nitrogens with zero attached hydrogens (tertiary/aromatic N) is 1. The zero-order chi connectivity index (χ0) is 21.7. The third-order valence-electron chi connectivity index (χ3n) is 5.34. The summed E-state index contributed by atoms with van der Waals surface area (Å²) >= 11 is 6.51. The van der Waals surface area contributed by atoms with E-state index in [1.807, 2.05) is 30.5 Å². The molecule has 0 radical (unpaired) electrons. The van der Waals surface area contributed by atoms with Crippen molar-refractivity contribution in [2.24, 2.45) is 0 Å². The zero-order valence-corrected chi connectivity index (χ0v) is 17.8. The van der Waals surface area contributed by atoms with Gasteiger partial charge in [0.1, 0.15) is 11.0 Å². The van der Waals surface area contributed by atoms with E-state index in [1.165, 1.54) is 0 Å². The number of ether oxygens (including phenoxy) is 1. The summed E-state index contributed by atoms with van der Waals surface area (Å²) in [5.41, 5.74) is 0.387. The number of H-pyrrole nitrogens is 1. The van der Waals surface area contributed by atoms with Gasteiger partial charge in [-0.2, -0.15) is 0 Å². The first kappa shape index (κ1) is 20.4. The fraction of sp³-hybridized carbons (Fsp3) is 0.304. The zero-order valence-electron chi connectivity index (χ0n) is 17.0. The second-order valence-corrected chi connectivity index (χ2v) is 8.94. The molecule has 2 heterocycles. The Morgan fingerprint density at radius 2 is 1.93 bits per heavy atom. The number of amides is 2. The highest BCUT2D eigenvalue weighted by Gasteiger charge is 2.55. The lowest BCUT2D eigenvalue weighted by Gasteiger charge is -2.27. The Labute approximate surface area is 179 Å². The number of aromatic amines is 1. The standard InChI is InChI=1S/C23H23ClN2O4/c1-22(2,3)30-21(29)26-18-10-6-8-16(24)19(18)23(13-27,20(26)28)11-14-12-25-17-9-5-4-7-15(14)17/h4-10,12,25,27H,11,13H2,1-3H3/t23-/m0/s1. The van der Waals surface area contributed by atoms with E-state index in [1.54, 1.807) is 39.0 Å². The van der Waals surface area contributed by atoms with Crippen molar-refractivity contribution in [1.82, 2.24) is 4.98 Å². The number of benzene rings is 2. The van der Waals surface area contributed by atoms with E-state index < -0.39 is 29.6 Å². The van der Waals surface area contributed by atoms with Gasteiger partial charge in [0.2, 0.25) is 5.91 Å². The Morgan fingerprint density at radius 3 is 2.63 bits per heavy atom. The second kappa shape index (κ2) is 7.15. The lowest BCUT2D eigenvalue weighted by Crippen LogP contribution is -2.48. The molecule has 30 heavy (non-hydrogen) atoms. The van der Waals surface area contributed by atoms with Gasteiger partial charge in [-0.3, -0.25) is 4.79 Å². The van der Waals surface area contributed by atoms with Crippen molar-refractivity contribution in [3.8, 4) is 0 Å². The van der Waals surface area contributed by atoms with Crippen molar-refractivity contribution in [1.29, 1.82) is 0 Å². The molecule has 156 valence electrons. The monoisotopic (exact) mass is 426 g/mol. The summed E-state index contributed by atoms with van der Waals surface area (Å²) in [6.45, 7) is 4.70. The van der Waals surface area contributed by atoms with Gasteiger partial charge in [-0.15, -0.1) is 0 Å². The van der Waals surface area contributed by atoms with Gasteiger partial charge in [0.15, 0.2) is 0 Å². The first-order chi connectivity index (χ1) is 14.2. The van der Waals surface area contributed by atoms with E-state index in [0.717, 1.165) is 21.4 Å². The summed E-state index contributed by atoms with van der Waals surface area (Å²) in [6, 6.07) is 12.7. The van der Waals surface area contributed by atoms with Crippen LogP contribution in [0.5, 0.6) is 0 Å². The molecule has 1 aliphatic heterocycles. The predicted octanol–water partition coefficient (Wildman–Crippen LogP) is 4.58. The number of aliphatic hydroxyl groups excluding tert-OH is 1. The fourth-order valence-corrected chi connectivity index (χ4v) is 4.41. The van der Waals surface area contributed by atoms with Crippen molar-refractivity contribution in [3.63, 3.8) is 0 Å². The number of imide groups is 1. The minimum absolute atomic E-state index is 0.183. The lowest BCUT2D eigenvalue weighted by molar-refractivity contribution is -0.124. The van der Waals surface area contributed by atoms with E-state index in [2.05, 4.69) is 4.98 Å². The van der Waals surface area contributed by atoms with Gasteiger partial charge in [-0.05, 0) is 51.0 Å². The number of para-hydroxylation sites is 1. The number of aliphatic hydroxyl groups is 1.